The summed E-state index contributed by atoms with van der Waals surface area (Å²) in [5, 5.41) is 11.0. The van der Waals surface area contributed by atoms with E-state index in [-0.39, 0.29) is 0 Å². The number of hydrogen-bond acceptors (Lipinski definition) is 4. The number of fused-ring (bicyclic) bond motifs is 5. The number of rotatable bonds is 5. The van der Waals surface area contributed by atoms with Crippen molar-refractivity contribution in [2.75, 3.05) is 26.1 Å². The molecule has 6 heteroatoms. The Morgan fingerprint density at radius 1 is 1.08 bits per heavy atom. The predicted molar refractivity (Wildman–Crippen MR) is 153 cm³/mol. The summed E-state index contributed by atoms with van der Waals surface area (Å²) in [4.78, 5) is 18.9. The summed E-state index contributed by atoms with van der Waals surface area (Å²) in [6.45, 7) is 0.594. The molecule has 0 saturated heterocycles. The van der Waals surface area contributed by atoms with Gasteiger partial charge in [0.05, 0.1) is 36.3 Å². The van der Waals surface area contributed by atoms with Crippen LogP contribution in [0.2, 0.25) is 0 Å². The minimum Gasteiger partial charge on any atom is -0.497 e. The van der Waals surface area contributed by atoms with Crippen LogP contribution in [0.25, 0.3) is 33.8 Å². The molecule has 1 fully saturated rings. The Morgan fingerprint density at radius 2 is 1.89 bits per heavy atom. The summed E-state index contributed by atoms with van der Waals surface area (Å²) in [6, 6.07) is 16.0. The maximum atomic E-state index is 12.0. The standard InChI is InChI=1S/C32H33N3O3/c1-34(2)27-10-7-15-33-30(27)23-16-22-17-24(38-3)12-14-25(22)31-29(20-8-5-4-6-9-20)26-13-11-21(32(36)37)18-28(26)35(31)19-23/h7,10-18,20H,4-6,8-9,19H2,1-3H3,(H,36,37). The van der Waals surface area contributed by atoms with E-state index in [1.54, 1.807) is 13.2 Å². The zero-order valence-electron chi connectivity index (χ0n) is 22.2. The molecule has 1 N–H and O–H groups in total. The van der Waals surface area contributed by atoms with Crippen molar-refractivity contribution < 1.29 is 14.6 Å². The molecule has 0 radical (unpaired) electrons. The topological polar surface area (TPSA) is 67.6 Å². The van der Waals surface area contributed by atoms with Crippen LogP contribution in [-0.2, 0) is 6.54 Å². The Balaban J connectivity index is 1.69. The van der Waals surface area contributed by atoms with Crippen molar-refractivity contribution in [3.05, 3.63) is 77.1 Å². The van der Waals surface area contributed by atoms with Crippen molar-refractivity contribution in [3.8, 4) is 17.0 Å². The van der Waals surface area contributed by atoms with Crippen LogP contribution < -0.4 is 9.64 Å². The third-order valence-corrected chi connectivity index (χ3v) is 8.11. The first-order chi connectivity index (χ1) is 18.5. The molecule has 1 saturated carbocycles. The molecular weight excluding hydrogens is 474 g/mol. The number of benzene rings is 2. The molecule has 2 aliphatic rings. The van der Waals surface area contributed by atoms with Crippen LogP contribution in [0.1, 0.15) is 65.2 Å². The number of nitrogens with zero attached hydrogens (tertiary/aromatic N) is 3. The second kappa shape index (κ2) is 9.67. The van der Waals surface area contributed by atoms with Crippen molar-refractivity contribution in [1.82, 2.24) is 9.55 Å². The minimum absolute atomic E-state index is 0.310. The van der Waals surface area contributed by atoms with Crippen LogP contribution in [0.5, 0.6) is 5.75 Å². The number of ether oxygens (including phenoxy) is 1. The van der Waals surface area contributed by atoms with E-state index in [4.69, 9.17) is 9.72 Å². The highest BCUT2D eigenvalue weighted by Crippen LogP contribution is 2.48. The van der Waals surface area contributed by atoms with Crippen LogP contribution in [0.3, 0.4) is 0 Å². The molecule has 194 valence electrons. The summed E-state index contributed by atoms with van der Waals surface area (Å²) in [7, 11) is 5.76. The average molecular weight is 508 g/mol. The van der Waals surface area contributed by atoms with Gasteiger partial charge in [-0.1, -0.05) is 25.3 Å². The number of allylic oxidation sites excluding steroid dienone is 1. The lowest BCUT2D eigenvalue weighted by Crippen LogP contribution is -2.13. The van der Waals surface area contributed by atoms with Crippen molar-refractivity contribution in [1.29, 1.82) is 0 Å². The number of aromatic carboxylic acids is 1. The number of carboxylic acids is 1. The Kier molecular flexibility index (Phi) is 6.18. The predicted octanol–water partition coefficient (Wildman–Crippen LogP) is 7.08. The molecular formula is C32H33N3O3. The van der Waals surface area contributed by atoms with E-state index < -0.39 is 5.97 Å². The zero-order chi connectivity index (χ0) is 26.4. The van der Waals surface area contributed by atoms with Gasteiger partial charge >= 0.3 is 5.97 Å². The molecule has 6 nitrogen and oxygen atoms in total. The summed E-state index contributed by atoms with van der Waals surface area (Å²) < 4.78 is 7.97. The molecule has 0 amide bonds. The molecule has 3 heterocycles. The van der Waals surface area contributed by atoms with Gasteiger partial charge in [-0.3, -0.25) is 4.98 Å². The molecule has 4 aromatic rings. The van der Waals surface area contributed by atoms with Gasteiger partial charge in [-0.2, -0.15) is 0 Å². The summed E-state index contributed by atoms with van der Waals surface area (Å²) >= 11 is 0. The Hall–Kier alpha value is -4.06. The number of hydrogen-bond donors (Lipinski definition) is 1. The summed E-state index contributed by atoms with van der Waals surface area (Å²) in [5.74, 6) is 0.350. The molecule has 2 aromatic heterocycles. The van der Waals surface area contributed by atoms with Crippen LogP contribution in [0, 0.1) is 0 Å². The number of pyridine rings is 1. The monoisotopic (exact) mass is 507 g/mol. The van der Waals surface area contributed by atoms with Gasteiger partial charge in [0.1, 0.15) is 5.75 Å². The maximum absolute atomic E-state index is 12.0. The van der Waals surface area contributed by atoms with Gasteiger partial charge < -0.3 is 19.3 Å². The van der Waals surface area contributed by atoms with Crippen molar-refractivity contribution >= 4 is 34.2 Å². The van der Waals surface area contributed by atoms with Gasteiger partial charge in [-0.25, -0.2) is 4.79 Å². The van der Waals surface area contributed by atoms with Crippen molar-refractivity contribution in [2.24, 2.45) is 0 Å². The number of carboxylic acid groups (broad SMARTS) is 1. The van der Waals surface area contributed by atoms with Gasteiger partial charge in [-0.15, -0.1) is 0 Å². The third kappa shape index (κ3) is 4.05. The second-order valence-electron chi connectivity index (χ2n) is 10.6. The average Bonchev–Trinajstić information content (AvgIpc) is 3.15. The number of methoxy groups -OCH3 is 1. The fraction of sp³-hybridized carbons (Fsp3) is 0.312. The van der Waals surface area contributed by atoms with Gasteiger partial charge in [0.15, 0.2) is 0 Å². The Labute approximate surface area is 223 Å². The van der Waals surface area contributed by atoms with Crippen LogP contribution in [-0.4, -0.2) is 41.8 Å². The largest absolute Gasteiger partial charge is 0.497 e. The third-order valence-electron chi connectivity index (χ3n) is 8.11. The fourth-order valence-electron chi connectivity index (χ4n) is 6.32. The summed E-state index contributed by atoms with van der Waals surface area (Å²) in [5.41, 5.74) is 9.12. The maximum Gasteiger partial charge on any atom is 0.335 e. The second-order valence-corrected chi connectivity index (χ2v) is 10.6. The highest BCUT2D eigenvalue weighted by atomic mass is 16.5. The van der Waals surface area contributed by atoms with Crippen LogP contribution in [0.4, 0.5) is 5.69 Å². The Bertz CT molecular complexity index is 1570. The van der Waals surface area contributed by atoms with Crippen molar-refractivity contribution in [3.63, 3.8) is 0 Å². The van der Waals surface area contributed by atoms with E-state index in [9.17, 15) is 9.90 Å². The van der Waals surface area contributed by atoms with Gasteiger partial charge in [0.25, 0.3) is 0 Å². The molecule has 0 spiro atoms. The van der Waals surface area contributed by atoms with Crippen LogP contribution in [0.15, 0.2) is 54.7 Å². The quantitative estimate of drug-likeness (QED) is 0.313. The first-order valence-electron chi connectivity index (χ1n) is 13.4. The highest BCUT2D eigenvalue weighted by molar-refractivity contribution is 6.01. The molecule has 6 rings (SSSR count). The van der Waals surface area contributed by atoms with E-state index >= 15 is 0 Å². The van der Waals surface area contributed by atoms with E-state index in [0.29, 0.717) is 18.0 Å². The normalized spacial score (nSPS) is 15.4. The molecule has 38 heavy (non-hydrogen) atoms. The van der Waals surface area contributed by atoms with Crippen molar-refractivity contribution in [2.45, 2.75) is 44.6 Å². The highest BCUT2D eigenvalue weighted by Gasteiger charge is 2.30. The lowest BCUT2D eigenvalue weighted by molar-refractivity contribution is 0.0697. The first kappa shape index (κ1) is 24.3. The fourth-order valence-corrected chi connectivity index (χ4v) is 6.32. The van der Waals surface area contributed by atoms with Gasteiger partial charge in [0.2, 0.25) is 0 Å². The lowest BCUT2D eigenvalue weighted by Gasteiger charge is -2.24. The molecule has 0 atom stereocenters. The van der Waals surface area contributed by atoms with Crippen LogP contribution >= 0.6 is 0 Å². The molecule has 1 aliphatic carbocycles. The van der Waals surface area contributed by atoms with E-state index in [2.05, 4.69) is 33.7 Å². The number of anilines is 1. The molecule has 0 bridgehead atoms. The SMILES string of the molecule is COc1ccc2c(c1)C=C(c1ncccc1N(C)C)Cn1c-2c(C2CCCCC2)c2ccc(C(=O)O)cc21. The van der Waals surface area contributed by atoms with E-state index in [1.807, 2.05) is 44.6 Å². The first-order valence-corrected chi connectivity index (χ1v) is 13.4. The minimum atomic E-state index is -0.907. The summed E-state index contributed by atoms with van der Waals surface area (Å²) in [6.07, 6.45) is 10.1. The molecule has 0 unspecified atom stereocenters. The molecule has 2 aromatic carbocycles. The number of aromatic nitrogens is 2. The van der Waals surface area contributed by atoms with Gasteiger partial charge in [-0.05, 0) is 78.4 Å². The van der Waals surface area contributed by atoms with E-state index in [0.717, 1.165) is 57.6 Å². The zero-order valence-corrected chi connectivity index (χ0v) is 22.2. The van der Waals surface area contributed by atoms with E-state index in [1.165, 1.54) is 30.5 Å². The lowest BCUT2D eigenvalue weighted by atomic mass is 9.81. The smallest absolute Gasteiger partial charge is 0.335 e. The number of carbonyl (C=O) groups is 1. The molecule has 1 aliphatic heterocycles. The Morgan fingerprint density at radius 3 is 2.63 bits per heavy atom. The van der Waals surface area contributed by atoms with Gasteiger partial charge in [0, 0.05) is 42.3 Å².